The van der Waals surface area contributed by atoms with Gasteiger partial charge in [0.25, 0.3) is 0 Å². The summed E-state index contributed by atoms with van der Waals surface area (Å²) < 4.78 is 5.27. The van der Waals surface area contributed by atoms with E-state index in [9.17, 15) is 0 Å². The van der Waals surface area contributed by atoms with Gasteiger partial charge < -0.3 is 15.0 Å². The van der Waals surface area contributed by atoms with Crippen molar-refractivity contribution in [2.24, 2.45) is 0 Å². The van der Waals surface area contributed by atoms with Crippen LogP contribution in [0.4, 0.5) is 0 Å². The smallest absolute Gasteiger partial charge is 0.119 e. The molecule has 1 fully saturated rings. The van der Waals surface area contributed by atoms with Crippen LogP contribution < -0.4 is 10.1 Å². The molecule has 1 atom stereocenters. The highest BCUT2D eigenvalue weighted by atomic mass is 16.5. The highest BCUT2D eigenvalue weighted by Gasteiger charge is 2.18. The van der Waals surface area contributed by atoms with Gasteiger partial charge in [0.1, 0.15) is 5.75 Å². The Morgan fingerprint density at radius 1 is 1.33 bits per heavy atom. The van der Waals surface area contributed by atoms with Crippen LogP contribution in [-0.2, 0) is 0 Å². The quantitative estimate of drug-likeness (QED) is 0.885. The normalized spacial score (nSPS) is 19.7. The third-order valence-electron chi connectivity index (χ3n) is 3.80. The van der Waals surface area contributed by atoms with Crippen LogP contribution in [0.2, 0.25) is 0 Å². The molecule has 0 saturated carbocycles. The number of hydrogen-bond acceptors (Lipinski definition) is 3. The minimum absolute atomic E-state index is 0.383. The number of likely N-dealkylation sites (tertiary alicyclic amines) is 1. The predicted molar refractivity (Wildman–Crippen MR) is 75.1 cm³/mol. The predicted octanol–water partition coefficient (Wildman–Crippen LogP) is 2.44. The summed E-state index contributed by atoms with van der Waals surface area (Å²) in [5.74, 6) is 0.935. The molecule has 18 heavy (non-hydrogen) atoms. The van der Waals surface area contributed by atoms with E-state index >= 15 is 0 Å². The van der Waals surface area contributed by atoms with Gasteiger partial charge in [0, 0.05) is 12.1 Å². The molecule has 1 aromatic carbocycles. The molecule has 0 radical (unpaired) electrons. The van der Waals surface area contributed by atoms with Crippen LogP contribution in [-0.4, -0.2) is 38.2 Å². The van der Waals surface area contributed by atoms with Gasteiger partial charge in [-0.1, -0.05) is 12.1 Å². The zero-order valence-corrected chi connectivity index (χ0v) is 11.6. The fourth-order valence-electron chi connectivity index (χ4n) is 2.54. The topological polar surface area (TPSA) is 24.5 Å². The SMILES string of the molecule is COc1cccc([C@@H](C)NC2CCN(C)CC2)c1. The van der Waals surface area contributed by atoms with E-state index in [1.807, 2.05) is 6.07 Å². The van der Waals surface area contributed by atoms with Crippen molar-refractivity contribution in [1.82, 2.24) is 10.2 Å². The number of hydrogen-bond donors (Lipinski definition) is 1. The molecule has 1 aliphatic rings. The van der Waals surface area contributed by atoms with Crippen LogP contribution in [0.15, 0.2) is 24.3 Å². The van der Waals surface area contributed by atoms with Gasteiger partial charge >= 0.3 is 0 Å². The van der Waals surface area contributed by atoms with E-state index < -0.39 is 0 Å². The van der Waals surface area contributed by atoms with Gasteiger partial charge in [-0.05, 0) is 57.6 Å². The first-order chi connectivity index (χ1) is 8.69. The molecule has 0 unspecified atom stereocenters. The van der Waals surface area contributed by atoms with Crippen LogP contribution in [0.1, 0.15) is 31.4 Å². The summed E-state index contributed by atoms with van der Waals surface area (Å²) in [5, 5.41) is 3.72. The number of nitrogens with zero attached hydrogens (tertiary/aromatic N) is 1. The summed E-state index contributed by atoms with van der Waals surface area (Å²) in [7, 11) is 3.91. The third kappa shape index (κ3) is 3.47. The Bertz CT molecular complexity index is 373. The standard InChI is InChI=1S/C15H24N2O/c1-12(13-5-4-6-15(11-13)18-3)16-14-7-9-17(2)10-8-14/h4-6,11-12,14,16H,7-10H2,1-3H3/t12-/m1/s1. The van der Waals surface area contributed by atoms with E-state index in [2.05, 4.69) is 42.4 Å². The van der Waals surface area contributed by atoms with Crippen molar-refractivity contribution in [1.29, 1.82) is 0 Å². The zero-order chi connectivity index (χ0) is 13.0. The maximum Gasteiger partial charge on any atom is 0.119 e. The van der Waals surface area contributed by atoms with Crippen molar-refractivity contribution in [2.45, 2.75) is 31.8 Å². The number of benzene rings is 1. The largest absolute Gasteiger partial charge is 0.497 e. The van der Waals surface area contributed by atoms with E-state index in [1.54, 1.807) is 7.11 Å². The average molecular weight is 248 g/mol. The van der Waals surface area contributed by atoms with Gasteiger partial charge in [-0.2, -0.15) is 0 Å². The van der Waals surface area contributed by atoms with E-state index in [-0.39, 0.29) is 0 Å². The minimum Gasteiger partial charge on any atom is -0.497 e. The molecule has 3 nitrogen and oxygen atoms in total. The molecular weight excluding hydrogens is 224 g/mol. The zero-order valence-electron chi connectivity index (χ0n) is 11.6. The van der Waals surface area contributed by atoms with E-state index in [0.29, 0.717) is 12.1 Å². The second kappa shape index (κ2) is 6.21. The molecule has 1 N–H and O–H groups in total. The van der Waals surface area contributed by atoms with Gasteiger partial charge in [0.2, 0.25) is 0 Å². The molecule has 1 heterocycles. The molecule has 100 valence electrons. The Labute approximate surface area is 110 Å². The van der Waals surface area contributed by atoms with Crippen molar-refractivity contribution in [3.8, 4) is 5.75 Å². The van der Waals surface area contributed by atoms with Crippen LogP contribution >= 0.6 is 0 Å². The lowest BCUT2D eigenvalue weighted by atomic mass is 10.0. The molecule has 0 amide bonds. The second-order valence-electron chi connectivity index (χ2n) is 5.24. The van der Waals surface area contributed by atoms with Gasteiger partial charge in [-0.15, -0.1) is 0 Å². The van der Waals surface area contributed by atoms with Crippen molar-refractivity contribution in [3.63, 3.8) is 0 Å². The molecule has 3 heteroatoms. The number of ether oxygens (including phenoxy) is 1. The van der Waals surface area contributed by atoms with Gasteiger partial charge in [0.15, 0.2) is 0 Å². The first-order valence-corrected chi connectivity index (χ1v) is 6.77. The van der Waals surface area contributed by atoms with Crippen molar-refractivity contribution < 1.29 is 4.74 Å². The average Bonchev–Trinajstić information content (AvgIpc) is 2.41. The molecular formula is C15H24N2O. The van der Waals surface area contributed by atoms with Gasteiger partial charge in [-0.25, -0.2) is 0 Å². The Kier molecular flexibility index (Phi) is 4.61. The van der Waals surface area contributed by atoms with Crippen molar-refractivity contribution in [2.75, 3.05) is 27.2 Å². The molecule has 0 bridgehead atoms. The fourth-order valence-corrected chi connectivity index (χ4v) is 2.54. The van der Waals surface area contributed by atoms with Gasteiger partial charge in [0.05, 0.1) is 7.11 Å². The Balaban J connectivity index is 1.92. The van der Waals surface area contributed by atoms with Gasteiger partial charge in [-0.3, -0.25) is 0 Å². The summed E-state index contributed by atoms with van der Waals surface area (Å²) in [4.78, 5) is 2.40. The number of rotatable bonds is 4. The van der Waals surface area contributed by atoms with Crippen LogP contribution in [0, 0.1) is 0 Å². The van der Waals surface area contributed by atoms with E-state index in [4.69, 9.17) is 4.74 Å². The maximum atomic E-state index is 5.27. The summed E-state index contributed by atoms with van der Waals surface area (Å²) >= 11 is 0. The Morgan fingerprint density at radius 2 is 2.06 bits per heavy atom. The highest BCUT2D eigenvalue weighted by molar-refractivity contribution is 5.30. The third-order valence-corrected chi connectivity index (χ3v) is 3.80. The number of piperidine rings is 1. The molecule has 0 spiro atoms. The fraction of sp³-hybridized carbons (Fsp3) is 0.600. The summed E-state index contributed by atoms with van der Waals surface area (Å²) in [6.07, 6.45) is 2.48. The number of nitrogens with one attached hydrogen (secondary N) is 1. The molecule has 0 aromatic heterocycles. The molecule has 1 saturated heterocycles. The van der Waals surface area contributed by atoms with Crippen LogP contribution in [0.25, 0.3) is 0 Å². The molecule has 1 aliphatic heterocycles. The first-order valence-electron chi connectivity index (χ1n) is 6.77. The lowest BCUT2D eigenvalue weighted by Gasteiger charge is -2.31. The van der Waals surface area contributed by atoms with E-state index in [1.165, 1.54) is 31.5 Å². The second-order valence-corrected chi connectivity index (χ2v) is 5.24. The summed E-state index contributed by atoms with van der Waals surface area (Å²) in [6.45, 7) is 4.62. The maximum absolute atomic E-state index is 5.27. The summed E-state index contributed by atoms with van der Waals surface area (Å²) in [6, 6.07) is 9.35. The van der Waals surface area contributed by atoms with Crippen LogP contribution in [0.5, 0.6) is 5.75 Å². The monoisotopic (exact) mass is 248 g/mol. The lowest BCUT2D eigenvalue weighted by molar-refractivity contribution is 0.226. The van der Waals surface area contributed by atoms with Crippen molar-refractivity contribution >= 4 is 0 Å². The summed E-state index contributed by atoms with van der Waals surface area (Å²) in [5.41, 5.74) is 1.30. The highest BCUT2D eigenvalue weighted by Crippen LogP contribution is 2.20. The van der Waals surface area contributed by atoms with E-state index in [0.717, 1.165) is 5.75 Å². The minimum atomic E-state index is 0.383. The Morgan fingerprint density at radius 3 is 2.72 bits per heavy atom. The molecule has 0 aliphatic carbocycles. The Hall–Kier alpha value is -1.06. The lowest BCUT2D eigenvalue weighted by Crippen LogP contribution is -2.41. The van der Waals surface area contributed by atoms with Crippen molar-refractivity contribution in [3.05, 3.63) is 29.8 Å². The first kappa shape index (κ1) is 13.4. The van der Waals surface area contributed by atoms with Crippen LogP contribution in [0.3, 0.4) is 0 Å². The number of methoxy groups -OCH3 is 1. The molecule has 1 aromatic rings. The molecule has 2 rings (SSSR count).